The summed E-state index contributed by atoms with van der Waals surface area (Å²) in [6.07, 6.45) is 0. The molecule has 1 unspecified atom stereocenters. The zero-order valence-corrected chi connectivity index (χ0v) is 9.92. The molecule has 0 radical (unpaired) electrons. The largest absolute Gasteiger partial charge is 0.358 e. The minimum atomic E-state index is 0.0233. The van der Waals surface area contributed by atoms with Gasteiger partial charge in [-0.25, -0.2) is 0 Å². The number of rotatable bonds is 4. The maximum absolute atomic E-state index is 11.2. The number of likely N-dealkylation sites (N-methyl/N-ethyl adjacent to an activating group) is 2. The molecule has 0 spiro atoms. The van der Waals surface area contributed by atoms with E-state index in [2.05, 4.69) is 26.1 Å². The Kier molecular flexibility index (Phi) is 5.08. The highest BCUT2D eigenvalue weighted by atomic mass is 16.1. The molecule has 0 rings (SSSR count). The molecule has 84 valence electrons. The predicted molar refractivity (Wildman–Crippen MR) is 59.0 cm³/mol. The van der Waals surface area contributed by atoms with Crippen molar-refractivity contribution >= 4 is 5.91 Å². The van der Waals surface area contributed by atoms with Crippen molar-refractivity contribution in [1.82, 2.24) is 10.2 Å². The molecule has 0 saturated heterocycles. The first-order valence-corrected chi connectivity index (χ1v) is 4.93. The standard InChI is InChI=1S/C10H23N3O/c1-10(2,3)8(6-11)13(5)7-9(14)12-4/h8H,6-7,11H2,1-5H3,(H,12,14). The van der Waals surface area contributed by atoms with Gasteiger partial charge in [-0.3, -0.25) is 9.69 Å². The van der Waals surface area contributed by atoms with Gasteiger partial charge in [0.05, 0.1) is 6.54 Å². The van der Waals surface area contributed by atoms with E-state index in [1.165, 1.54) is 0 Å². The number of carbonyl (C=O) groups is 1. The molecular formula is C10H23N3O. The van der Waals surface area contributed by atoms with Crippen molar-refractivity contribution in [3.63, 3.8) is 0 Å². The molecule has 0 aromatic rings. The molecule has 0 fully saturated rings. The van der Waals surface area contributed by atoms with Gasteiger partial charge in [-0.15, -0.1) is 0 Å². The molecule has 0 heterocycles. The zero-order valence-electron chi connectivity index (χ0n) is 9.92. The second kappa shape index (κ2) is 5.32. The first-order valence-electron chi connectivity index (χ1n) is 4.93. The molecular weight excluding hydrogens is 178 g/mol. The molecule has 0 aliphatic carbocycles. The van der Waals surface area contributed by atoms with Crippen LogP contribution in [0.1, 0.15) is 20.8 Å². The van der Waals surface area contributed by atoms with Crippen LogP contribution in [0.4, 0.5) is 0 Å². The van der Waals surface area contributed by atoms with Crippen LogP contribution in [0.25, 0.3) is 0 Å². The first-order chi connectivity index (χ1) is 6.32. The fourth-order valence-corrected chi connectivity index (χ4v) is 1.61. The Bertz CT molecular complexity index is 186. The second-order valence-electron chi connectivity index (χ2n) is 4.71. The summed E-state index contributed by atoms with van der Waals surface area (Å²) < 4.78 is 0. The molecule has 4 heteroatoms. The molecule has 14 heavy (non-hydrogen) atoms. The summed E-state index contributed by atoms with van der Waals surface area (Å²) in [6, 6.07) is 0.222. The van der Waals surface area contributed by atoms with Crippen LogP contribution >= 0.6 is 0 Å². The summed E-state index contributed by atoms with van der Waals surface area (Å²) in [7, 11) is 3.57. The third-order valence-electron chi connectivity index (χ3n) is 2.43. The van der Waals surface area contributed by atoms with Crippen molar-refractivity contribution in [3.05, 3.63) is 0 Å². The number of hydrogen-bond donors (Lipinski definition) is 2. The monoisotopic (exact) mass is 201 g/mol. The molecule has 4 nitrogen and oxygen atoms in total. The van der Waals surface area contributed by atoms with Gasteiger partial charge in [0.15, 0.2) is 0 Å². The van der Waals surface area contributed by atoms with Crippen LogP contribution in [0.3, 0.4) is 0 Å². The molecule has 0 aromatic carbocycles. The van der Waals surface area contributed by atoms with Crippen LogP contribution in [0, 0.1) is 5.41 Å². The average molecular weight is 201 g/mol. The topological polar surface area (TPSA) is 58.4 Å². The van der Waals surface area contributed by atoms with Gasteiger partial charge in [-0.1, -0.05) is 20.8 Å². The highest BCUT2D eigenvalue weighted by Gasteiger charge is 2.27. The van der Waals surface area contributed by atoms with Gasteiger partial charge in [-0.2, -0.15) is 0 Å². The number of nitrogens with zero attached hydrogens (tertiary/aromatic N) is 1. The fourth-order valence-electron chi connectivity index (χ4n) is 1.61. The van der Waals surface area contributed by atoms with E-state index in [9.17, 15) is 4.79 Å². The number of carbonyl (C=O) groups excluding carboxylic acids is 1. The van der Waals surface area contributed by atoms with E-state index in [1.807, 2.05) is 11.9 Å². The first kappa shape index (κ1) is 13.4. The average Bonchev–Trinajstić information content (AvgIpc) is 2.02. The molecule has 0 bridgehead atoms. The van der Waals surface area contributed by atoms with E-state index in [4.69, 9.17) is 5.73 Å². The summed E-state index contributed by atoms with van der Waals surface area (Å²) >= 11 is 0. The van der Waals surface area contributed by atoms with Gasteiger partial charge in [0.2, 0.25) is 5.91 Å². The Morgan fingerprint density at radius 1 is 1.50 bits per heavy atom. The number of amides is 1. The van der Waals surface area contributed by atoms with Crippen LogP contribution in [-0.4, -0.2) is 44.0 Å². The van der Waals surface area contributed by atoms with Crippen molar-refractivity contribution < 1.29 is 4.79 Å². The van der Waals surface area contributed by atoms with Crippen LogP contribution in [0.15, 0.2) is 0 Å². The Balaban J connectivity index is 4.32. The third-order valence-corrected chi connectivity index (χ3v) is 2.43. The molecule has 1 atom stereocenters. The molecule has 0 saturated carbocycles. The van der Waals surface area contributed by atoms with E-state index >= 15 is 0 Å². The number of nitrogens with two attached hydrogens (primary N) is 1. The highest BCUT2D eigenvalue weighted by Crippen LogP contribution is 2.22. The predicted octanol–water partition coefficient (Wildman–Crippen LogP) is 0.0376. The normalized spacial score (nSPS) is 14.2. The summed E-state index contributed by atoms with van der Waals surface area (Å²) in [6.45, 7) is 7.35. The summed E-state index contributed by atoms with van der Waals surface area (Å²) in [5.74, 6) is 0.0233. The summed E-state index contributed by atoms with van der Waals surface area (Å²) in [5.41, 5.74) is 5.80. The smallest absolute Gasteiger partial charge is 0.233 e. The van der Waals surface area contributed by atoms with Crippen LogP contribution in [0.2, 0.25) is 0 Å². The lowest BCUT2D eigenvalue weighted by molar-refractivity contribution is -0.122. The zero-order chi connectivity index (χ0) is 11.4. The van der Waals surface area contributed by atoms with Crippen molar-refractivity contribution in [3.8, 4) is 0 Å². The van der Waals surface area contributed by atoms with Crippen LogP contribution in [-0.2, 0) is 4.79 Å². The van der Waals surface area contributed by atoms with Crippen molar-refractivity contribution in [2.75, 3.05) is 27.2 Å². The van der Waals surface area contributed by atoms with Gasteiger partial charge in [0.25, 0.3) is 0 Å². The van der Waals surface area contributed by atoms with Crippen molar-refractivity contribution in [1.29, 1.82) is 0 Å². The molecule has 1 amide bonds. The second-order valence-corrected chi connectivity index (χ2v) is 4.71. The Morgan fingerprint density at radius 2 is 2.00 bits per heavy atom. The van der Waals surface area contributed by atoms with Crippen molar-refractivity contribution in [2.24, 2.45) is 11.1 Å². The van der Waals surface area contributed by atoms with E-state index in [1.54, 1.807) is 7.05 Å². The quantitative estimate of drug-likeness (QED) is 0.675. The molecule has 3 N–H and O–H groups in total. The highest BCUT2D eigenvalue weighted by molar-refractivity contribution is 5.77. The lowest BCUT2D eigenvalue weighted by atomic mass is 9.86. The Hall–Kier alpha value is -0.610. The third kappa shape index (κ3) is 4.07. The summed E-state index contributed by atoms with van der Waals surface area (Å²) in [4.78, 5) is 13.2. The van der Waals surface area contributed by atoms with Crippen molar-refractivity contribution in [2.45, 2.75) is 26.8 Å². The van der Waals surface area contributed by atoms with Gasteiger partial charge in [-0.05, 0) is 12.5 Å². The van der Waals surface area contributed by atoms with Gasteiger partial charge < -0.3 is 11.1 Å². The Morgan fingerprint density at radius 3 is 2.29 bits per heavy atom. The Labute approximate surface area is 86.8 Å². The molecule has 0 aliphatic rings. The maximum atomic E-state index is 11.2. The van der Waals surface area contributed by atoms with E-state index in [0.717, 1.165) is 0 Å². The van der Waals surface area contributed by atoms with Gasteiger partial charge >= 0.3 is 0 Å². The summed E-state index contributed by atoms with van der Waals surface area (Å²) in [5, 5.41) is 2.60. The van der Waals surface area contributed by atoms with Crippen LogP contribution in [0.5, 0.6) is 0 Å². The SMILES string of the molecule is CNC(=O)CN(C)C(CN)C(C)(C)C. The maximum Gasteiger partial charge on any atom is 0.233 e. The molecule has 0 aliphatic heterocycles. The van der Waals surface area contributed by atoms with E-state index in [-0.39, 0.29) is 17.4 Å². The van der Waals surface area contributed by atoms with Gasteiger partial charge in [0.1, 0.15) is 0 Å². The van der Waals surface area contributed by atoms with Gasteiger partial charge in [0, 0.05) is 19.6 Å². The molecule has 0 aromatic heterocycles. The lowest BCUT2D eigenvalue weighted by Crippen LogP contribution is -2.49. The van der Waals surface area contributed by atoms with E-state index < -0.39 is 0 Å². The van der Waals surface area contributed by atoms with Crippen LogP contribution < -0.4 is 11.1 Å². The minimum Gasteiger partial charge on any atom is -0.358 e. The number of nitrogens with one attached hydrogen (secondary N) is 1. The minimum absolute atomic E-state index is 0.0233. The number of hydrogen-bond acceptors (Lipinski definition) is 3. The van der Waals surface area contributed by atoms with E-state index in [0.29, 0.717) is 13.1 Å². The lowest BCUT2D eigenvalue weighted by Gasteiger charge is -2.36. The fraction of sp³-hybridized carbons (Fsp3) is 0.900.